The maximum Gasteiger partial charge on any atom is 0.216 e. The van der Waals surface area contributed by atoms with Gasteiger partial charge in [-0.3, -0.25) is 14.6 Å². The summed E-state index contributed by atoms with van der Waals surface area (Å²) in [5.74, 6) is -0.193. The van der Waals surface area contributed by atoms with E-state index in [1.807, 2.05) is 0 Å². The summed E-state index contributed by atoms with van der Waals surface area (Å²) in [6.45, 7) is 1.65. The molecule has 0 aliphatic heterocycles. The van der Waals surface area contributed by atoms with E-state index in [0.717, 1.165) is 0 Å². The molecule has 98 valence electrons. The lowest BCUT2D eigenvalue weighted by Crippen LogP contribution is -2.27. The summed E-state index contributed by atoms with van der Waals surface area (Å²) in [5, 5.41) is 22.1. The van der Waals surface area contributed by atoms with Gasteiger partial charge in [0, 0.05) is 37.0 Å². The molecule has 0 bridgehead atoms. The number of aliphatic hydroxyl groups is 2. The summed E-state index contributed by atoms with van der Waals surface area (Å²) in [5.41, 5.74) is 0.704. The van der Waals surface area contributed by atoms with Crippen LogP contribution in [0.25, 0.3) is 0 Å². The quantitative estimate of drug-likeness (QED) is 0.610. The predicted octanol–water partition coefficient (Wildman–Crippen LogP) is -0.185. The summed E-state index contributed by atoms with van der Waals surface area (Å²) in [7, 11) is 0. The molecule has 6 heteroatoms. The number of hydrogen-bond donors (Lipinski definition) is 3. The maximum absolute atomic E-state index is 10.6. The minimum Gasteiger partial charge on any atom is -0.390 e. The maximum atomic E-state index is 10.6. The number of aldehydes is 1. The van der Waals surface area contributed by atoms with E-state index >= 15 is 0 Å². The molecule has 0 saturated carbocycles. The second kappa shape index (κ2) is 6.83. The number of pyridine rings is 1. The van der Waals surface area contributed by atoms with E-state index in [1.165, 1.54) is 25.4 Å². The fraction of sp³-hybridized carbons (Fsp3) is 0.417. The topological polar surface area (TPSA) is 99.5 Å². The van der Waals surface area contributed by atoms with Crippen LogP contribution in [0.3, 0.4) is 0 Å². The minimum absolute atomic E-state index is 0.193. The molecule has 1 amide bonds. The first-order valence-electron chi connectivity index (χ1n) is 5.55. The van der Waals surface area contributed by atoms with Gasteiger partial charge in [0.05, 0.1) is 6.10 Å². The Balaban J connectivity index is 2.58. The molecule has 6 nitrogen and oxygen atoms in total. The molecule has 0 fully saturated rings. The Hall–Kier alpha value is -1.79. The number of nitrogens with zero attached hydrogens (tertiary/aromatic N) is 1. The Morgan fingerprint density at radius 3 is 2.83 bits per heavy atom. The zero-order valence-electron chi connectivity index (χ0n) is 10.0. The number of amides is 1. The van der Waals surface area contributed by atoms with Crippen molar-refractivity contribution in [3.8, 4) is 0 Å². The van der Waals surface area contributed by atoms with Crippen LogP contribution in [-0.4, -0.2) is 40.0 Å². The van der Waals surface area contributed by atoms with Gasteiger partial charge in [-0.2, -0.15) is 0 Å². The van der Waals surface area contributed by atoms with Crippen LogP contribution in [0.2, 0.25) is 0 Å². The number of aromatic nitrogens is 1. The Morgan fingerprint density at radius 2 is 2.22 bits per heavy atom. The lowest BCUT2D eigenvalue weighted by molar-refractivity contribution is -0.119. The van der Waals surface area contributed by atoms with Crippen LogP contribution in [0.1, 0.15) is 35.4 Å². The van der Waals surface area contributed by atoms with Crippen LogP contribution in [0, 0.1) is 0 Å². The van der Waals surface area contributed by atoms with Crippen molar-refractivity contribution in [2.24, 2.45) is 0 Å². The van der Waals surface area contributed by atoms with E-state index in [2.05, 4.69) is 10.3 Å². The third kappa shape index (κ3) is 4.23. The van der Waals surface area contributed by atoms with Crippen LogP contribution in [0.4, 0.5) is 0 Å². The van der Waals surface area contributed by atoms with Gasteiger partial charge in [0.2, 0.25) is 5.91 Å². The van der Waals surface area contributed by atoms with Crippen molar-refractivity contribution in [2.45, 2.75) is 25.6 Å². The Morgan fingerprint density at radius 1 is 1.50 bits per heavy atom. The fourth-order valence-corrected chi connectivity index (χ4v) is 1.48. The average molecular weight is 252 g/mol. The molecule has 0 aliphatic rings. The molecule has 18 heavy (non-hydrogen) atoms. The van der Waals surface area contributed by atoms with E-state index < -0.39 is 12.2 Å². The highest BCUT2D eigenvalue weighted by Crippen LogP contribution is 2.18. The molecule has 1 aromatic heterocycles. The van der Waals surface area contributed by atoms with Gasteiger partial charge in [-0.1, -0.05) is 0 Å². The molecule has 0 spiro atoms. The van der Waals surface area contributed by atoms with Crippen molar-refractivity contribution in [3.05, 3.63) is 29.6 Å². The van der Waals surface area contributed by atoms with E-state index in [0.29, 0.717) is 17.4 Å². The Bertz CT molecular complexity index is 422. The van der Waals surface area contributed by atoms with Crippen LogP contribution < -0.4 is 5.32 Å². The molecular formula is C12H16N2O4. The lowest BCUT2D eigenvalue weighted by Gasteiger charge is -2.18. The standard InChI is InChI=1S/C12H16N2O4/c1-8(16)14-3-2-11(17)12(18)10-4-9(7-15)5-13-6-10/h4-7,11-12,17-18H,2-3H2,1H3,(H,14,16). The van der Waals surface area contributed by atoms with Crippen molar-refractivity contribution in [3.63, 3.8) is 0 Å². The smallest absolute Gasteiger partial charge is 0.216 e. The molecule has 1 rings (SSSR count). The molecule has 3 N–H and O–H groups in total. The van der Waals surface area contributed by atoms with Crippen molar-refractivity contribution in [2.75, 3.05) is 6.54 Å². The van der Waals surface area contributed by atoms with Crippen molar-refractivity contribution in [1.29, 1.82) is 0 Å². The first kappa shape index (κ1) is 14.3. The van der Waals surface area contributed by atoms with E-state index in [-0.39, 0.29) is 18.9 Å². The van der Waals surface area contributed by atoms with Gasteiger partial charge in [0.25, 0.3) is 0 Å². The van der Waals surface area contributed by atoms with Gasteiger partial charge >= 0.3 is 0 Å². The summed E-state index contributed by atoms with van der Waals surface area (Å²) in [6, 6.07) is 1.46. The van der Waals surface area contributed by atoms with Crippen LogP contribution in [0.15, 0.2) is 18.5 Å². The molecule has 0 aromatic carbocycles. The summed E-state index contributed by atoms with van der Waals surface area (Å²) < 4.78 is 0. The van der Waals surface area contributed by atoms with Gasteiger partial charge in [-0.05, 0) is 12.5 Å². The van der Waals surface area contributed by atoms with Gasteiger partial charge in [-0.25, -0.2) is 0 Å². The Labute approximate surface area is 105 Å². The largest absolute Gasteiger partial charge is 0.390 e. The molecule has 0 radical (unpaired) electrons. The van der Waals surface area contributed by atoms with Crippen molar-refractivity contribution in [1.82, 2.24) is 10.3 Å². The number of carbonyl (C=O) groups excluding carboxylic acids is 2. The van der Waals surface area contributed by atoms with Gasteiger partial charge < -0.3 is 15.5 Å². The molecule has 2 unspecified atom stereocenters. The number of aliphatic hydroxyl groups excluding tert-OH is 2. The molecule has 0 saturated heterocycles. The number of nitrogens with one attached hydrogen (secondary N) is 1. The number of rotatable bonds is 6. The number of carbonyl (C=O) groups is 2. The fourth-order valence-electron chi connectivity index (χ4n) is 1.48. The molecule has 1 heterocycles. The van der Waals surface area contributed by atoms with Crippen molar-refractivity contribution < 1.29 is 19.8 Å². The highest BCUT2D eigenvalue weighted by atomic mass is 16.3. The predicted molar refractivity (Wildman–Crippen MR) is 63.9 cm³/mol. The molecular weight excluding hydrogens is 236 g/mol. The van der Waals surface area contributed by atoms with Crippen LogP contribution in [0.5, 0.6) is 0 Å². The van der Waals surface area contributed by atoms with E-state index in [4.69, 9.17) is 0 Å². The van der Waals surface area contributed by atoms with Gasteiger partial charge in [-0.15, -0.1) is 0 Å². The van der Waals surface area contributed by atoms with Crippen molar-refractivity contribution >= 4 is 12.2 Å². The van der Waals surface area contributed by atoms with Crippen LogP contribution in [-0.2, 0) is 4.79 Å². The molecule has 0 aliphatic carbocycles. The minimum atomic E-state index is -1.13. The Kier molecular flexibility index (Phi) is 5.41. The van der Waals surface area contributed by atoms with E-state index in [1.54, 1.807) is 0 Å². The average Bonchev–Trinajstić information content (AvgIpc) is 2.37. The summed E-state index contributed by atoms with van der Waals surface area (Å²) >= 11 is 0. The zero-order valence-corrected chi connectivity index (χ0v) is 10.0. The monoisotopic (exact) mass is 252 g/mol. The third-order valence-electron chi connectivity index (χ3n) is 2.44. The SMILES string of the molecule is CC(=O)NCCC(O)C(O)c1cncc(C=O)c1. The van der Waals surface area contributed by atoms with Gasteiger partial charge in [0.1, 0.15) is 6.10 Å². The summed E-state index contributed by atoms with van der Waals surface area (Å²) in [4.78, 5) is 25.0. The first-order chi connectivity index (χ1) is 8.54. The van der Waals surface area contributed by atoms with Crippen LogP contribution >= 0.6 is 0 Å². The normalized spacial score (nSPS) is 13.7. The highest BCUT2D eigenvalue weighted by Gasteiger charge is 2.18. The zero-order chi connectivity index (χ0) is 13.5. The third-order valence-corrected chi connectivity index (χ3v) is 2.44. The van der Waals surface area contributed by atoms with E-state index in [9.17, 15) is 19.8 Å². The molecule has 1 aromatic rings. The second-order valence-electron chi connectivity index (χ2n) is 3.95. The first-order valence-corrected chi connectivity index (χ1v) is 5.55. The number of hydrogen-bond acceptors (Lipinski definition) is 5. The van der Waals surface area contributed by atoms with Gasteiger partial charge in [0.15, 0.2) is 6.29 Å². The lowest BCUT2D eigenvalue weighted by atomic mass is 10.0. The second-order valence-corrected chi connectivity index (χ2v) is 3.95. The highest BCUT2D eigenvalue weighted by molar-refractivity contribution is 5.74. The summed E-state index contributed by atoms with van der Waals surface area (Å²) in [6.07, 6.45) is 1.43. The molecule has 2 atom stereocenters.